The van der Waals surface area contributed by atoms with Gasteiger partial charge in [-0.05, 0) is 46.0 Å². The van der Waals surface area contributed by atoms with Gasteiger partial charge in [-0.1, -0.05) is 116 Å². The van der Waals surface area contributed by atoms with Gasteiger partial charge in [0.05, 0.1) is 5.69 Å². The number of aliphatic imine (C=N–C) groups is 1. The summed E-state index contributed by atoms with van der Waals surface area (Å²) in [6.45, 7) is 8.21. The molecule has 5 heteroatoms. The van der Waals surface area contributed by atoms with Crippen LogP contribution in [0.4, 0.5) is 5.69 Å². The molecule has 194 valence electrons. The van der Waals surface area contributed by atoms with E-state index in [1.807, 2.05) is 109 Å². The van der Waals surface area contributed by atoms with Gasteiger partial charge in [-0.15, -0.1) is 0 Å². The maximum Gasteiger partial charge on any atom is 0.154 e. The quantitative estimate of drug-likeness (QED) is 0.143. The van der Waals surface area contributed by atoms with Crippen LogP contribution in [0, 0.1) is 10.8 Å². The van der Waals surface area contributed by atoms with E-state index in [1.54, 1.807) is 11.0 Å². The van der Waals surface area contributed by atoms with E-state index in [2.05, 4.69) is 24.2 Å². The molecule has 4 N–H and O–H groups in total. The molecule has 0 amide bonds. The van der Waals surface area contributed by atoms with Crippen molar-refractivity contribution in [1.29, 1.82) is 10.8 Å². The van der Waals surface area contributed by atoms with E-state index in [1.165, 1.54) is 6.08 Å². The summed E-state index contributed by atoms with van der Waals surface area (Å²) in [4.78, 5) is 6.10. The molecule has 0 saturated heterocycles. The van der Waals surface area contributed by atoms with Gasteiger partial charge in [-0.25, -0.2) is 4.99 Å². The Balaban J connectivity index is 1.42. The molecule has 0 unspecified atom stereocenters. The second-order valence-electron chi connectivity index (χ2n) is 9.25. The number of nitrogens with two attached hydrogens (primary N) is 1. The van der Waals surface area contributed by atoms with Crippen LogP contribution in [0.15, 0.2) is 145 Å². The van der Waals surface area contributed by atoms with Crippen LogP contribution in [0.5, 0.6) is 0 Å². The van der Waals surface area contributed by atoms with E-state index in [4.69, 9.17) is 16.6 Å². The summed E-state index contributed by atoms with van der Waals surface area (Å²) in [5.41, 5.74) is 14.2. The van der Waals surface area contributed by atoms with Gasteiger partial charge in [-0.3, -0.25) is 10.8 Å². The summed E-state index contributed by atoms with van der Waals surface area (Å²) >= 11 is 0. The van der Waals surface area contributed by atoms with E-state index >= 15 is 0 Å². The molecule has 5 rings (SSSR count). The average molecular weight is 520 g/mol. The molecule has 0 saturated carbocycles. The normalized spacial score (nSPS) is 13.9. The SMILES string of the molecule is C=C/C(=C\C(=N)N1/C=C\c2ccccc2C(=C)c2ccccc21)C(=N)N=C(N)c1ccc(-c2ccccc2)cc1. The minimum atomic E-state index is -0.0801. The number of para-hydroxylation sites is 1. The Kier molecular flexibility index (Phi) is 7.47. The second kappa shape index (κ2) is 11.5. The Hall–Kier alpha value is -5.55. The number of benzene rings is 4. The lowest BCUT2D eigenvalue weighted by molar-refractivity contribution is 1.29. The summed E-state index contributed by atoms with van der Waals surface area (Å²) in [6, 6.07) is 33.7. The lowest BCUT2D eigenvalue weighted by Gasteiger charge is -2.26. The van der Waals surface area contributed by atoms with E-state index < -0.39 is 0 Å². The number of anilines is 1. The van der Waals surface area contributed by atoms with Crippen molar-refractivity contribution in [2.24, 2.45) is 10.7 Å². The minimum absolute atomic E-state index is 0.0801. The van der Waals surface area contributed by atoms with Crippen molar-refractivity contribution >= 4 is 34.8 Å². The van der Waals surface area contributed by atoms with E-state index in [-0.39, 0.29) is 17.5 Å². The molecule has 5 nitrogen and oxygen atoms in total. The Bertz CT molecular complexity index is 1710. The summed E-state index contributed by atoms with van der Waals surface area (Å²) < 4.78 is 0. The smallest absolute Gasteiger partial charge is 0.154 e. The van der Waals surface area contributed by atoms with Crippen molar-refractivity contribution in [3.63, 3.8) is 0 Å². The number of nitrogens with one attached hydrogen (secondary N) is 2. The Morgan fingerprint density at radius 2 is 1.40 bits per heavy atom. The van der Waals surface area contributed by atoms with Crippen molar-refractivity contribution in [1.82, 2.24) is 0 Å². The van der Waals surface area contributed by atoms with Crippen molar-refractivity contribution in [2.45, 2.75) is 0 Å². The van der Waals surface area contributed by atoms with Gasteiger partial charge < -0.3 is 10.6 Å². The highest BCUT2D eigenvalue weighted by Gasteiger charge is 2.19. The van der Waals surface area contributed by atoms with Crippen LogP contribution in [0.2, 0.25) is 0 Å². The first kappa shape index (κ1) is 26.1. The monoisotopic (exact) mass is 519 g/mol. The number of rotatable bonds is 5. The molecule has 0 fully saturated rings. The fourth-order valence-corrected chi connectivity index (χ4v) is 4.60. The highest BCUT2D eigenvalue weighted by Crippen LogP contribution is 2.35. The summed E-state index contributed by atoms with van der Waals surface area (Å²) in [7, 11) is 0. The Morgan fingerprint density at radius 3 is 2.12 bits per heavy atom. The van der Waals surface area contributed by atoms with Crippen LogP contribution < -0.4 is 10.6 Å². The zero-order valence-corrected chi connectivity index (χ0v) is 22.0. The van der Waals surface area contributed by atoms with Crippen molar-refractivity contribution in [3.8, 4) is 11.1 Å². The van der Waals surface area contributed by atoms with E-state index in [0.717, 1.165) is 39.1 Å². The maximum absolute atomic E-state index is 8.96. The standard InChI is InChI=1S/C35H29N5/c1-3-25(34(37)39-35(38)29-19-17-27(18-20-29)26-11-5-4-6-12-26)23-33(36)40-22-21-28-13-7-8-14-30(28)24(2)31-15-9-10-16-32(31)40/h3-23,36H,1-2H2,(H3,37,38,39)/b22-21-,25-23+,36-33?. The molecular formula is C35H29N5. The molecule has 1 aliphatic heterocycles. The van der Waals surface area contributed by atoms with Crippen LogP contribution >= 0.6 is 0 Å². The van der Waals surface area contributed by atoms with Gasteiger partial charge in [0.1, 0.15) is 11.7 Å². The van der Waals surface area contributed by atoms with Crippen LogP contribution in [0.3, 0.4) is 0 Å². The number of fused-ring (bicyclic) bond motifs is 2. The third-order valence-corrected chi connectivity index (χ3v) is 6.74. The number of hydrogen-bond donors (Lipinski definition) is 3. The largest absolute Gasteiger partial charge is 0.383 e. The minimum Gasteiger partial charge on any atom is -0.383 e. The predicted octanol–water partition coefficient (Wildman–Crippen LogP) is 7.68. The van der Waals surface area contributed by atoms with Crippen LogP contribution in [0.25, 0.3) is 22.8 Å². The van der Waals surface area contributed by atoms with Gasteiger partial charge in [0.2, 0.25) is 0 Å². The molecule has 4 aromatic rings. The van der Waals surface area contributed by atoms with Crippen LogP contribution in [-0.2, 0) is 0 Å². The van der Waals surface area contributed by atoms with Gasteiger partial charge >= 0.3 is 0 Å². The van der Waals surface area contributed by atoms with Crippen molar-refractivity contribution < 1.29 is 0 Å². The van der Waals surface area contributed by atoms with E-state index in [0.29, 0.717) is 11.1 Å². The van der Waals surface area contributed by atoms with Gasteiger partial charge in [0.25, 0.3) is 0 Å². The lowest BCUT2D eigenvalue weighted by atomic mass is 9.92. The first-order valence-corrected chi connectivity index (χ1v) is 12.8. The molecule has 0 bridgehead atoms. The molecule has 0 atom stereocenters. The second-order valence-corrected chi connectivity index (χ2v) is 9.25. The molecule has 0 spiro atoms. The molecule has 4 aromatic carbocycles. The van der Waals surface area contributed by atoms with Gasteiger partial charge in [-0.2, -0.15) is 0 Å². The molecule has 1 heterocycles. The Labute approximate surface area is 234 Å². The predicted molar refractivity (Wildman–Crippen MR) is 169 cm³/mol. The molecule has 0 aromatic heterocycles. The topological polar surface area (TPSA) is 89.3 Å². The van der Waals surface area contributed by atoms with Crippen molar-refractivity contribution in [2.75, 3.05) is 4.90 Å². The first-order valence-electron chi connectivity index (χ1n) is 12.8. The maximum atomic E-state index is 8.96. The molecule has 40 heavy (non-hydrogen) atoms. The third kappa shape index (κ3) is 5.35. The number of hydrogen-bond acceptors (Lipinski definition) is 2. The Morgan fingerprint density at radius 1 is 0.775 bits per heavy atom. The molecule has 0 aliphatic carbocycles. The average Bonchev–Trinajstić information content (AvgIpc) is 2.99. The van der Waals surface area contributed by atoms with Gasteiger partial charge in [0.15, 0.2) is 5.84 Å². The zero-order chi connectivity index (χ0) is 28.1. The highest BCUT2D eigenvalue weighted by atomic mass is 15.2. The fourth-order valence-electron chi connectivity index (χ4n) is 4.60. The molecular weight excluding hydrogens is 490 g/mol. The summed E-state index contributed by atoms with van der Waals surface area (Å²) in [5.74, 6) is 0.285. The first-order chi connectivity index (χ1) is 19.5. The fraction of sp³-hybridized carbons (Fsp3) is 0. The molecule has 1 aliphatic rings. The zero-order valence-electron chi connectivity index (χ0n) is 22.0. The summed E-state index contributed by atoms with van der Waals surface area (Å²) in [5, 5.41) is 17.6. The van der Waals surface area contributed by atoms with Crippen LogP contribution in [-0.4, -0.2) is 17.5 Å². The van der Waals surface area contributed by atoms with Gasteiger partial charge in [0, 0.05) is 22.9 Å². The highest BCUT2D eigenvalue weighted by molar-refractivity contribution is 6.16. The van der Waals surface area contributed by atoms with E-state index in [9.17, 15) is 0 Å². The van der Waals surface area contributed by atoms with Crippen LogP contribution in [0.1, 0.15) is 22.3 Å². The lowest BCUT2D eigenvalue weighted by Crippen LogP contribution is -2.25. The third-order valence-electron chi connectivity index (χ3n) is 6.74. The molecule has 0 radical (unpaired) electrons. The number of amidine groups is 3. The number of nitrogens with zero attached hydrogens (tertiary/aromatic N) is 2. The summed E-state index contributed by atoms with van der Waals surface area (Å²) in [6.07, 6.45) is 6.91. The van der Waals surface area contributed by atoms with Crippen molar-refractivity contribution in [3.05, 3.63) is 162 Å².